The van der Waals surface area contributed by atoms with Gasteiger partial charge in [-0.05, 0) is 36.8 Å². The second-order valence-corrected chi connectivity index (χ2v) is 7.09. The predicted octanol–water partition coefficient (Wildman–Crippen LogP) is 3.47. The maximum atomic E-state index is 12.9. The lowest BCUT2D eigenvalue weighted by molar-refractivity contribution is 0.300. The van der Waals surface area contributed by atoms with Crippen LogP contribution in [0, 0.1) is 17.2 Å². The van der Waals surface area contributed by atoms with Crippen LogP contribution < -0.4 is 10.3 Å². The molecule has 0 radical (unpaired) electrons. The van der Waals surface area contributed by atoms with Gasteiger partial charge in [0.25, 0.3) is 5.56 Å². The molecule has 0 saturated heterocycles. The molecule has 0 spiro atoms. The number of rotatable bonds is 5. The van der Waals surface area contributed by atoms with Gasteiger partial charge in [-0.1, -0.05) is 26.0 Å². The first-order valence-corrected chi connectivity index (χ1v) is 8.85. The van der Waals surface area contributed by atoms with Crippen molar-refractivity contribution in [1.29, 1.82) is 5.26 Å². The molecule has 132 valence electrons. The maximum absolute atomic E-state index is 12.9. The minimum Gasteiger partial charge on any atom is -0.493 e. The fraction of sp³-hybridized carbons (Fsp3) is 0.350. The van der Waals surface area contributed by atoms with E-state index in [4.69, 9.17) is 4.74 Å². The number of H-pyrrole nitrogens is 1. The van der Waals surface area contributed by atoms with E-state index >= 15 is 0 Å². The summed E-state index contributed by atoms with van der Waals surface area (Å²) in [6.45, 7) is 4.68. The van der Waals surface area contributed by atoms with Gasteiger partial charge in [-0.25, -0.2) is 0 Å². The fourth-order valence-electron chi connectivity index (χ4n) is 3.11. The van der Waals surface area contributed by atoms with E-state index < -0.39 is 0 Å². The highest BCUT2D eigenvalue weighted by atomic mass is 16.5. The van der Waals surface area contributed by atoms with E-state index in [0.717, 1.165) is 17.9 Å². The number of ether oxygens (including phenoxy) is 1. The van der Waals surface area contributed by atoms with Gasteiger partial charge in [0, 0.05) is 11.1 Å². The molecule has 2 heterocycles. The molecule has 6 nitrogen and oxygen atoms in total. The molecule has 0 aliphatic heterocycles. The van der Waals surface area contributed by atoms with Gasteiger partial charge in [-0.2, -0.15) is 14.9 Å². The Morgan fingerprint density at radius 2 is 2.23 bits per heavy atom. The highest BCUT2D eigenvalue weighted by Gasteiger charge is 2.22. The molecule has 26 heavy (non-hydrogen) atoms. The van der Waals surface area contributed by atoms with E-state index in [-0.39, 0.29) is 11.5 Å². The Hall–Kier alpha value is -3.07. The van der Waals surface area contributed by atoms with E-state index in [1.807, 2.05) is 38.1 Å². The highest BCUT2D eigenvalue weighted by molar-refractivity contribution is 5.69. The van der Waals surface area contributed by atoms with Crippen LogP contribution in [0.25, 0.3) is 16.9 Å². The van der Waals surface area contributed by atoms with Crippen LogP contribution in [-0.4, -0.2) is 21.2 Å². The van der Waals surface area contributed by atoms with Crippen LogP contribution in [0.3, 0.4) is 0 Å². The number of aromatic amines is 1. The number of fused-ring (bicyclic) bond motifs is 1. The van der Waals surface area contributed by atoms with Crippen LogP contribution in [0.15, 0.2) is 35.3 Å². The van der Waals surface area contributed by atoms with E-state index in [9.17, 15) is 10.1 Å². The predicted molar refractivity (Wildman–Crippen MR) is 98.3 cm³/mol. The standard InChI is InChI=1S/C20H20N4O2/c1-12(2)17-18(23-19-15(9-21)10-22-24(19)20(17)25)14-4-3-5-16(8-14)26-11-13-6-7-13/h3-5,8,10,12-13,23H,6-7,11H2,1-2H3. The summed E-state index contributed by atoms with van der Waals surface area (Å²) in [5.74, 6) is 1.47. The van der Waals surface area contributed by atoms with Crippen LogP contribution in [0.4, 0.5) is 0 Å². The Morgan fingerprint density at radius 3 is 2.92 bits per heavy atom. The van der Waals surface area contributed by atoms with Gasteiger partial charge in [-0.15, -0.1) is 0 Å². The first kappa shape index (κ1) is 16.4. The van der Waals surface area contributed by atoms with Gasteiger partial charge in [0.05, 0.1) is 18.5 Å². The van der Waals surface area contributed by atoms with Crippen molar-refractivity contribution in [3.8, 4) is 23.1 Å². The molecule has 1 fully saturated rings. The van der Waals surface area contributed by atoms with Crippen molar-refractivity contribution in [3.63, 3.8) is 0 Å². The third-order valence-corrected chi connectivity index (χ3v) is 4.71. The zero-order valence-electron chi connectivity index (χ0n) is 14.8. The molecule has 0 amide bonds. The summed E-state index contributed by atoms with van der Waals surface area (Å²) < 4.78 is 7.15. The van der Waals surface area contributed by atoms with E-state index in [1.165, 1.54) is 23.6 Å². The Bertz CT molecular complexity index is 1070. The molecule has 2 aromatic heterocycles. The lowest BCUT2D eigenvalue weighted by Crippen LogP contribution is -2.22. The van der Waals surface area contributed by atoms with Crippen LogP contribution in [0.5, 0.6) is 5.75 Å². The van der Waals surface area contributed by atoms with Gasteiger partial charge < -0.3 is 9.72 Å². The molecule has 6 heteroatoms. The van der Waals surface area contributed by atoms with Crippen LogP contribution >= 0.6 is 0 Å². The molecule has 1 N–H and O–H groups in total. The third-order valence-electron chi connectivity index (χ3n) is 4.71. The van der Waals surface area contributed by atoms with Gasteiger partial charge in [0.15, 0.2) is 5.65 Å². The minimum absolute atomic E-state index is 0.00363. The third kappa shape index (κ3) is 2.86. The van der Waals surface area contributed by atoms with E-state index in [2.05, 4.69) is 16.2 Å². The molecule has 1 aromatic carbocycles. The van der Waals surface area contributed by atoms with Crippen molar-refractivity contribution in [1.82, 2.24) is 14.6 Å². The summed E-state index contributed by atoms with van der Waals surface area (Å²) in [6, 6.07) is 9.81. The normalized spacial score (nSPS) is 13.9. The number of hydrogen-bond donors (Lipinski definition) is 1. The Morgan fingerprint density at radius 1 is 1.42 bits per heavy atom. The molecule has 3 aromatic rings. The van der Waals surface area contributed by atoms with E-state index in [1.54, 1.807) is 0 Å². The second-order valence-electron chi connectivity index (χ2n) is 7.09. The van der Waals surface area contributed by atoms with Crippen molar-refractivity contribution in [2.75, 3.05) is 6.61 Å². The first-order chi connectivity index (χ1) is 12.6. The maximum Gasteiger partial charge on any atom is 0.278 e. The molecule has 0 atom stereocenters. The van der Waals surface area contributed by atoms with Gasteiger partial charge in [0.1, 0.15) is 17.4 Å². The SMILES string of the molecule is CC(C)c1c(-c2cccc(OCC3CC3)c2)[nH]c2c(C#N)cnn2c1=O. The molecule has 1 aliphatic carbocycles. The van der Waals surface area contributed by atoms with Crippen molar-refractivity contribution in [2.45, 2.75) is 32.6 Å². The van der Waals surface area contributed by atoms with Gasteiger partial charge in [-0.3, -0.25) is 4.79 Å². The van der Waals surface area contributed by atoms with Crippen LogP contribution in [0.2, 0.25) is 0 Å². The molecular weight excluding hydrogens is 328 g/mol. The fourth-order valence-corrected chi connectivity index (χ4v) is 3.11. The van der Waals surface area contributed by atoms with E-state index in [0.29, 0.717) is 28.4 Å². The molecule has 0 unspecified atom stereocenters. The molecule has 0 bridgehead atoms. The number of benzene rings is 1. The van der Waals surface area contributed by atoms with Crippen molar-refractivity contribution >= 4 is 5.65 Å². The number of nitrogens with one attached hydrogen (secondary N) is 1. The number of nitrogens with zero attached hydrogens (tertiary/aromatic N) is 3. The minimum atomic E-state index is -0.199. The Kier molecular flexibility index (Phi) is 4.00. The summed E-state index contributed by atoms with van der Waals surface area (Å²) >= 11 is 0. The zero-order valence-corrected chi connectivity index (χ0v) is 14.8. The summed E-state index contributed by atoms with van der Waals surface area (Å²) in [4.78, 5) is 16.2. The Balaban J connectivity index is 1.86. The molecule has 1 aliphatic rings. The van der Waals surface area contributed by atoms with Crippen LogP contribution in [0.1, 0.15) is 43.7 Å². The number of aromatic nitrogens is 3. The quantitative estimate of drug-likeness (QED) is 0.765. The van der Waals surface area contributed by atoms with Crippen LogP contribution in [-0.2, 0) is 0 Å². The van der Waals surface area contributed by atoms with Gasteiger partial charge in [0.2, 0.25) is 0 Å². The molecule has 1 saturated carbocycles. The Labute approximate surface area is 151 Å². The summed E-state index contributed by atoms with van der Waals surface area (Å²) in [5, 5.41) is 13.3. The number of hydrogen-bond acceptors (Lipinski definition) is 4. The topological polar surface area (TPSA) is 83.2 Å². The largest absolute Gasteiger partial charge is 0.493 e. The van der Waals surface area contributed by atoms with Crippen molar-refractivity contribution < 1.29 is 4.74 Å². The average molecular weight is 348 g/mol. The second kappa shape index (κ2) is 6.34. The van der Waals surface area contributed by atoms with Gasteiger partial charge >= 0.3 is 0 Å². The highest BCUT2D eigenvalue weighted by Crippen LogP contribution is 2.31. The zero-order chi connectivity index (χ0) is 18.3. The first-order valence-electron chi connectivity index (χ1n) is 8.85. The summed E-state index contributed by atoms with van der Waals surface area (Å²) in [7, 11) is 0. The van der Waals surface area contributed by atoms with Crippen molar-refractivity contribution in [3.05, 3.63) is 51.9 Å². The molecular formula is C20H20N4O2. The number of nitriles is 1. The lowest BCUT2D eigenvalue weighted by atomic mass is 9.98. The smallest absolute Gasteiger partial charge is 0.278 e. The summed E-state index contributed by atoms with van der Waals surface area (Å²) in [5.41, 5.74) is 2.79. The average Bonchev–Trinajstić information content (AvgIpc) is 3.37. The summed E-state index contributed by atoms with van der Waals surface area (Å²) in [6.07, 6.45) is 3.88. The lowest BCUT2D eigenvalue weighted by Gasteiger charge is -2.14. The monoisotopic (exact) mass is 348 g/mol. The van der Waals surface area contributed by atoms with Crippen molar-refractivity contribution in [2.24, 2.45) is 5.92 Å². The molecule has 4 rings (SSSR count).